The molecule has 2 aromatic heterocycles. The molecule has 0 radical (unpaired) electrons. The van der Waals surface area contributed by atoms with E-state index in [1.165, 1.54) is 7.05 Å². The third-order valence-corrected chi connectivity index (χ3v) is 4.37. The molecule has 4 N–H and O–H groups in total. The zero-order valence-corrected chi connectivity index (χ0v) is 16.1. The Morgan fingerprint density at radius 2 is 2.10 bits per heavy atom. The van der Waals surface area contributed by atoms with Crippen molar-refractivity contribution in [3.05, 3.63) is 51.3 Å². The number of aromatic nitrogens is 4. The lowest BCUT2D eigenvalue weighted by atomic mass is 10.2. The summed E-state index contributed by atoms with van der Waals surface area (Å²) in [6.07, 6.45) is -3.91. The highest BCUT2D eigenvalue weighted by Gasteiger charge is 2.38. The first-order chi connectivity index (χ1) is 13.6. The minimum absolute atomic E-state index is 0.0280. The number of primary amides is 1. The largest absolute Gasteiger partial charge is 0.435 e. The number of carbonyl (C=O) groups excluding carboxylic acids is 1. The molecule has 1 amide bonds. The van der Waals surface area contributed by atoms with Crippen molar-refractivity contribution in [3.63, 3.8) is 0 Å². The van der Waals surface area contributed by atoms with E-state index in [-0.39, 0.29) is 22.4 Å². The molecule has 3 rings (SSSR count). The van der Waals surface area contributed by atoms with Crippen molar-refractivity contribution in [1.82, 2.24) is 20.0 Å². The molecule has 0 saturated carbocycles. The van der Waals surface area contributed by atoms with Crippen LogP contribution in [-0.2, 0) is 13.2 Å². The van der Waals surface area contributed by atoms with Gasteiger partial charge in [0.1, 0.15) is 10.7 Å². The Morgan fingerprint density at radius 1 is 1.38 bits per heavy atom. The number of nitrogens with one attached hydrogen (secondary N) is 2. The summed E-state index contributed by atoms with van der Waals surface area (Å²) >= 11 is 11.8. The average molecular weight is 446 g/mol. The van der Waals surface area contributed by atoms with Crippen LogP contribution in [-0.4, -0.2) is 32.1 Å². The first-order valence-corrected chi connectivity index (χ1v) is 8.58. The number of anilines is 2. The van der Waals surface area contributed by atoms with Crippen LogP contribution in [0, 0.1) is 0 Å². The molecule has 0 unspecified atom stereocenters. The van der Waals surface area contributed by atoms with Gasteiger partial charge in [-0.25, -0.2) is 4.99 Å². The Morgan fingerprint density at radius 3 is 2.72 bits per heavy atom. The number of benzene rings is 1. The normalized spacial score (nSPS) is 11.9. The van der Waals surface area contributed by atoms with Crippen LogP contribution >= 0.6 is 23.2 Å². The van der Waals surface area contributed by atoms with Gasteiger partial charge in [-0.3, -0.25) is 14.6 Å². The number of aliphatic imine (C=N–C) groups is 1. The molecule has 0 spiro atoms. The molecule has 2 heterocycles. The first kappa shape index (κ1) is 20.7. The van der Waals surface area contributed by atoms with E-state index < -0.39 is 23.3 Å². The van der Waals surface area contributed by atoms with Crippen LogP contribution in [0.15, 0.2) is 29.3 Å². The minimum atomic E-state index is -4.74. The molecule has 3 aromatic rings. The monoisotopic (exact) mass is 445 g/mol. The molecule has 0 aliphatic rings. The van der Waals surface area contributed by atoms with E-state index in [4.69, 9.17) is 28.9 Å². The van der Waals surface area contributed by atoms with Gasteiger partial charge in [-0.1, -0.05) is 29.3 Å². The van der Waals surface area contributed by atoms with Crippen LogP contribution < -0.4 is 11.1 Å². The molecule has 13 heteroatoms. The third-order valence-electron chi connectivity index (χ3n) is 3.68. The fraction of sp³-hybridized carbons (Fsp3) is 0.125. The van der Waals surface area contributed by atoms with Crippen LogP contribution in [0.5, 0.6) is 0 Å². The lowest BCUT2D eigenvalue weighted by Gasteiger charge is -2.05. The third kappa shape index (κ3) is 4.35. The van der Waals surface area contributed by atoms with E-state index in [1.54, 1.807) is 24.3 Å². The summed E-state index contributed by atoms with van der Waals surface area (Å²) in [4.78, 5) is 15.7. The van der Waals surface area contributed by atoms with Crippen LogP contribution in [0.4, 0.5) is 30.5 Å². The number of aryl methyl sites for hydroxylation is 1. The highest BCUT2D eigenvalue weighted by atomic mass is 35.5. The number of carbonyl (C=O) groups is 1. The molecule has 0 aliphatic carbocycles. The predicted octanol–water partition coefficient (Wildman–Crippen LogP) is 4.06. The van der Waals surface area contributed by atoms with E-state index in [2.05, 4.69) is 25.6 Å². The van der Waals surface area contributed by atoms with Crippen LogP contribution in [0.25, 0.3) is 0 Å². The van der Waals surface area contributed by atoms with Crippen molar-refractivity contribution in [2.75, 3.05) is 5.32 Å². The maximum Gasteiger partial charge on any atom is 0.435 e. The van der Waals surface area contributed by atoms with E-state index in [0.717, 1.165) is 10.9 Å². The summed E-state index contributed by atoms with van der Waals surface area (Å²) in [6.45, 7) is 0. The fourth-order valence-corrected chi connectivity index (χ4v) is 2.79. The smallest absolute Gasteiger partial charge is 0.365 e. The van der Waals surface area contributed by atoms with Crippen LogP contribution in [0.1, 0.15) is 21.6 Å². The molecule has 0 saturated heterocycles. The van der Waals surface area contributed by atoms with Crippen molar-refractivity contribution >= 4 is 52.6 Å². The second-order valence-electron chi connectivity index (χ2n) is 5.73. The molecule has 0 bridgehead atoms. The van der Waals surface area contributed by atoms with Gasteiger partial charge in [0, 0.05) is 24.0 Å². The Bertz CT molecular complexity index is 1100. The van der Waals surface area contributed by atoms with Gasteiger partial charge in [-0.2, -0.15) is 23.4 Å². The van der Waals surface area contributed by atoms with E-state index in [9.17, 15) is 18.0 Å². The molecule has 152 valence electrons. The van der Waals surface area contributed by atoms with Gasteiger partial charge in [0.25, 0.3) is 5.91 Å². The minimum Gasteiger partial charge on any atom is -0.365 e. The number of hydrogen-bond donors (Lipinski definition) is 3. The lowest BCUT2D eigenvalue weighted by Crippen LogP contribution is -2.12. The topological polar surface area (TPSA) is 114 Å². The van der Waals surface area contributed by atoms with Gasteiger partial charge in [-0.05, 0) is 18.2 Å². The molecule has 0 aliphatic heterocycles. The van der Waals surface area contributed by atoms with Crippen molar-refractivity contribution in [2.24, 2.45) is 17.8 Å². The molecule has 29 heavy (non-hydrogen) atoms. The molecular formula is C16H12Cl2F3N7O. The Kier molecular flexibility index (Phi) is 5.53. The number of amides is 1. The number of halogens is 5. The van der Waals surface area contributed by atoms with Crippen molar-refractivity contribution in [1.29, 1.82) is 0 Å². The second-order valence-corrected chi connectivity index (χ2v) is 6.52. The molecule has 0 fully saturated rings. The standard InChI is InChI=1S/C16H12Cl2F3N7O/c1-28-12(18)9(11(27-28)16(19,20)21)6-23-14-10(13(22)29)15(26-25-14)24-8-4-2-3-7(17)5-8/h2-6H,1H3,(H2,22,29)(H2,24,25,26)/b23-6+. The van der Waals surface area contributed by atoms with E-state index >= 15 is 0 Å². The molecule has 1 aromatic carbocycles. The van der Waals surface area contributed by atoms with Crippen LogP contribution in [0.3, 0.4) is 0 Å². The summed E-state index contributed by atoms with van der Waals surface area (Å²) in [5.41, 5.74) is 4.06. The van der Waals surface area contributed by atoms with Gasteiger partial charge in [-0.15, -0.1) is 0 Å². The fourth-order valence-electron chi connectivity index (χ4n) is 2.43. The van der Waals surface area contributed by atoms with Crippen molar-refractivity contribution in [3.8, 4) is 0 Å². The van der Waals surface area contributed by atoms with Crippen LogP contribution in [0.2, 0.25) is 10.2 Å². The molecule has 8 nitrogen and oxygen atoms in total. The highest BCUT2D eigenvalue weighted by Crippen LogP contribution is 2.34. The number of aromatic amines is 1. The number of rotatable bonds is 5. The maximum atomic E-state index is 13.1. The number of H-pyrrole nitrogens is 1. The molecular weight excluding hydrogens is 434 g/mol. The van der Waals surface area contributed by atoms with E-state index in [0.29, 0.717) is 10.7 Å². The van der Waals surface area contributed by atoms with E-state index in [1.807, 2.05) is 0 Å². The number of hydrogen-bond acceptors (Lipinski definition) is 5. The van der Waals surface area contributed by atoms with Crippen molar-refractivity contribution < 1.29 is 18.0 Å². The Balaban J connectivity index is 1.99. The van der Waals surface area contributed by atoms with Gasteiger partial charge in [0.05, 0.1) is 5.56 Å². The summed E-state index contributed by atoms with van der Waals surface area (Å²) in [5, 5.41) is 12.7. The summed E-state index contributed by atoms with van der Waals surface area (Å²) in [7, 11) is 1.26. The second kappa shape index (κ2) is 7.76. The Labute approximate surface area is 171 Å². The Hall–Kier alpha value is -3.05. The predicted molar refractivity (Wildman–Crippen MR) is 102 cm³/mol. The highest BCUT2D eigenvalue weighted by molar-refractivity contribution is 6.32. The zero-order valence-electron chi connectivity index (χ0n) is 14.6. The zero-order chi connectivity index (χ0) is 21.3. The average Bonchev–Trinajstić information content (AvgIpc) is 3.14. The van der Waals surface area contributed by atoms with Gasteiger partial charge < -0.3 is 11.1 Å². The lowest BCUT2D eigenvalue weighted by molar-refractivity contribution is -0.141. The van der Waals surface area contributed by atoms with Gasteiger partial charge in [0.2, 0.25) is 0 Å². The van der Waals surface area contributed by atoms with Gasteiger partial charge in [0.15, 0.2) is 17.3 Å². The SMILES string of the molecule is Cn1nc(C(F)(F)F)c(/C=N/c2[nH]nc(Nc3cccc(Cl)c3)c2C(N)=O)c1Cl. The summed E-state index contributed by atoms with van der Waals surface area (Å²) in [6, 6.07) is 6.57. The number of nitrogens with zero attached hydrogens (tertiary/aromatic N) is 4. The molecule has 0 atom stereocenters. The number of nitrogens with two attached hydrogens (primary N) is 1. The first-order valence-electron chi connectivity index (χ1n) is 7.82. The van der Waals surface area contributed by atoms with Gasteiger partial charge >= 0.3 is 6.18 Å². The number of alkyl halides is 3. The quantitative estimate of drug-likeness (QED) is 0.513. The summed E-state index contributed by atoms with van der Waals surface area (Å²) < 4.78 is 40.3. The van der Waals surface area contributed by atoms with Crippen molar-refractivity contribution in [2.45, 2.75) is 6.18 Å². The summed E-state index contributed by atoms with van der Waals surface area (Å²) in [5.74, 6) is -1.03. The maximum absolute atomic E-state index is 13.1.